The molecule has 1 amide bonds. The predicted molar refractivity (Wildman–Crippen MR) is 109 cm³/mol. The monoisotopic (exact) mass is 388 g/mol. The maximum atomic E-state index is 12.4. The quantitative estimate of drug-likeness (QED) is 0.494. The second kappa shape index (κ2) is 9.33. The Hall–Kier alpha value is -3.92. The third-order valence-electron chi connectivity index (χ3n) is 4.27. The van der Waals surface area contributed by atoms with Gasteiger partial charge >= 0.3 is 0 Å². The zero-order chi connectivity index (χ0) is 20.6. The molecule has 0 saturated heterocycles. The summed E-state index contributed by atoms with van der Waals surface area (Å²) in [6.07, 6.45) is 3.56. The average Bonchev–Trinajstić information content (AvgIpc) is 2.77. The number of nitrogens with one attached hydrogen (secondary N) is 1. The van der Waals surface area contributed by atoms with Gasteiger partial charge in [0.2, 0.25) is 0 Å². The van der Waals surface area contributed by atoms with E-state index in [1.165, 1.54) is 12.3 Å². The number of nitrogens with zero attached hydrogens (tertiary/aromatic N) is 3. The van der Waals surface area contributed by atoms with Crippen LogP contribution in [0.4, 0.5) is 0 Å². The van der Waals surface area contributed by atoms with Crippen LogP contribution >= 0.6 is 0 Å². The number of benzene rings is 2. The molecule has 1 aromatic heterocycles. The first-order valence-corrected chi connectivity index (χ1v) is 8.97. The second-order valence-corrected chi connectivity index (χ2v) is 6.15. The number of para-hydroxylation sites is 2. The maximum absolute atomic E-state index is 12.4. The fourth-order valence-electron chi connectivity index (χ4n) is 2.79. The van der Waals surface area contributed by atoms with Gasteiger partial charge < -0.3 is 14.8 Å². The number of nitriles is 1. The summed E-state index contributed by atoms with van der Waals surface area (Å²) in [7, 11) is 3.15. The van der Waals surface area contributed by atoms with E-state index in [2.05, 4.69) is 15.3 Å². The summed E-state index contributed by atoms with van der Waals surface area (Å²) >= 11 is 0. The number of hydrogen-bond donors (Lipinski definition) is 1. The molecule has 1 N–H and O–H groups in total. The molecule has 0 fully saturated rings. The summed E-state index contributed by atoms with van der Waals surface area (Å²) in [6, 6.07) is 14.9. The van der Waals surface area contributed by atoms with Crippen LogP contribution in [0.1, 0.15) is 11.3 Å². The van der Waals surface area contributed by atoms with Crippen molar-refractivity contribution in [1.82, 2.24) is 15.3 Å². The number of carbonyl (C=O) groups is 1. The van der Waals surface area contributed by atoms with Crippen LogP contribution in [0.3, 0.4) is 0 Å². The van der Waals surface area contributed by atoms with Crippen molar-refractivity contribution >= 4 is 23.0 Å². The van der Waals surface area contributed by atoms with Crippen LogP contribution in [-0.4, -0.2) is 36.6 Å². The normalized spacial score (nSPS) is 11.0. The lowest BCUT2D eigenvalue weighted by atomic mass is 10.1. The minimum Gasteiger partial charge on any atom is -0.493 e. The molecule has 2 aromatic carbocycles. The minimum absolute atomic E-state index is 0.0260. The number of rotatable bonds is 7. The number of carbonyl (C=O) groups excluding carboxylic acids is 1. The molecular formula is C22H20N4O3. The Morgan fingerprint density at radius 2 is 1.90 bits per heavy atom. The lowest BCUT2D eigenvalue weighted by molar-refractivity contribution is -0.117. The second-order valence-electron chi connectivity index (χ2n) is 6.15. The van der Waals surface area contributed by atoms with Gasteiger partial charge in [-0.05, 0) is 42.3 Å². The van der Waals surface area contributed by atoms with E-state index in [4.69, 9.17) is 9.47 Å². The third-order valence-corrected chi connectivity index (χ3v) is 4.27. The molecule has 0 aliphatic rings. The molecule has 0 aliphatic heterocycles. The van der Waals surface area contributed by atoms with Gasteiger partial charge in [-0.15, -0.1) is 0 Å². The van der Waals surface area contributed by atoms with Crippen LogP contribution in [0.5, 0.6) is 11.5 Å². The first kappa shape index (κ1) is 19.8. The molecule has 0 bridgehead atoms. The van der Waals surface area contributed by atoms with Crippen molar-refractivity contribution in [2.24, 2.45) is 0 Å². The molecule has 1 heterocycles. The molecule has 0 spiro atoms. The summed E-state index contributed by atoms with van der Waals surface area (Å²) < 4.78 is 10.5. The van der Waals surface area contributed by atoms with E-state index in [1.807, 2.05) is 48.5 Å². The fraction of sp³-hybridized carbons (Fsp3) is 0.182. The Balaban J connectivity index is 1.65. The highest BCUT2D eigenvalue weighted by Gasteiger charge is 2.10. The van der Waals surface area contributed by atoms with Gasteiger partial charge in [0, 0.05) is 6.54 Å². The Labute approximate surface area is 168 Å². The summed E-state index contributed by atoms with van der Waals surface area (Å²) in [5, 5.41) is 12.1. The average molecular weight is 388 g/mol. The largest absolute Gasteiger partial charge is 0.493 e. The number of amides is 1. The Morgan fingerprint density at radius 1 is 1.14 bits per heavy atom. The van der Waals surface area contributed by atoms with Gasteiger partial charge in [0.25, 0.3) is 5.91 Å². The molecule has 0 aliphatic carbocycles. The summed E-state index contributed by atoms with van der Waals surface area (Å²) in [6.45, 7) is 0.372. The lowest BCUT2D eigenvalue weighted by Gasteiger charge is -2.10. The number of fused-ring (bicyclic) bond motifs is 1. The van der Waals surface area contributed by atoms with Crippen molar-refractivity contribution in [1.29, 1.82) is 5.26 Å². The Bertz CT molecular complexity index is 1100. The molecule has 0 radical (unpaired) electrons. The Kier molecular flexibility index (Phi) is 6.38. The van der Waals surface area contributed by atoms with Crippen molar-refractivity contribution in [3.8, 4) is 17.6 Å². The van der Waals surface area contributed by atoms with Crippen LogP contribution in [0, 0.1) is 11.3 Å². The summed E-state index contributed by atoms with van der Waals surface area (Å²) in [4.78, 5) is 21.1. The van der Waals surface area contributed by atoms with Crippen molar-refractivity contribution < 1.29 is 14.3 Å². The zero-order valence-corrected chi connectivity index (χ0v) is 16.2. The van der Waals surface area contributed by atoms with E-state index in [9.17, 15) is 10.1 Å². The molecule has 0 saturated carbocycles. The first-order chi connectivity index (χ1) is 14.1. The summed E-state index contributed by atoms with van der Waals surface area (Å²) in [5.41, 5.74) is 2.86. The van der Waals surface area contributed by atoms with Crippen molar-refractivity contribution in [3.63, 3.8) is 0 Å². The number of aromatic nitrogens is 2. The molecule has 0 atom stereocenters. The van der Waals surface area contributed by atoms with E-state index in [-0.39, 0.29) is 5.57 Å². The third kappa shape index (κ3) is 4.87. The SMILES string of the molecule is COc1ccc(CCNC(=O)/C(C#N)=C/c2cnc3ccccc3n2)cc1OC. The van der Waals surface area contributed by atoms with Gasteiger partial charge in [0.15, 0.2) is 11.5 Å². The van der Waals surface area contributed by atoms with Gasteiger partial charge in [0.1, 0.15) is 11.6 Å². The first-order valence-electron chi connectivity index (χ1n) is 8.97. The van der Waals surface area contributed by atoms with Crippen LogP contribution in [-0.2, 0) is 11.2 Å². The van der Waals surface area contributed by atoms with Crippen LogP contribution in [0.2, 0.25) is 0 Å². The van der Waals surface area contributed by atoms with Crippen molar-refractivity contribution in [3.05, 3.63) is 65.5 Å². The van der Waals surface area contributed by atoms with Crippen LogP contribution < -0.4 is 14.8 Å². The van der Waals surface area contributed by atoms with Crippen LogP contribution in [0.15, 0.2) is 54.2 Å². The lowest BCUT2D eigenvalue weighted by Crippen LogP contribution is -2.26. The van der Waals surface area contributed by atoms with E-state index < -0.39 is 5.91 Å². The van der Waals surface area contributed by atoms with Gasteiger partial charge in [0.05, 0.1) is 37.1 Å². The molecule has 3 rings (SSSR count). The number of ether oxygens (including phenoxy) is 2. The molecular weight excluding hydrogens is 368 g/mol. The molecule has 3 aromatic rings. The fourth-order valence-corrected chi connectivity index (χ4v) is 2.79. The van der Waals surface area contributed by atoms with Gasteiger partial charge in [-0.25, -0.2) is 4.98 Å². The highest BCUT2D eigenvalue weighted by molar-refractivity contribution is 6.01. The van der Waals surface area contributed by atoms with Crippen molar-refractivity contribution in [2.75, 3.05) is 20.8 Å². The summed E-state index contributed by atoms with van der Waals surface area (Å²) in [5.74, 6) is 0.818. The number of methoxy groups -OCH3 is 2. The predicted octanol–water partition coefficient (Wildman–Crippen LogP) is 2.91. The minimum atomic E-state index is -0.456. The van der Waals surface area contributed by atoms with E-state index in [0.717, 1.165) is 11.1 Å². The van der Waals surface area contributed by atoms with Gasteiger partial charge in [-0.3, -0.25) is 9.78 Å². The maximum Gasteiger partial charge on any atom is 0.262 e. The molecule has 0 unspecified atom stereocenters. The molecule has 7 nitrogen and oxygen atoms in total. The van der Waals surface area contributed by atoms with E-state index in [0.29, 0.717) is 35.7 Å². The van der Waals surface area contributed by atoms with E-state index in [1.54, 1.807) is 14.2 Å². The standard InChI is InChI=1S/C22H20N4O3/c1-28-20-8-7-15(11-21(20)29-2)9-10-24-22(27)16(13-23)12-17-14-25-18-5-3-4-6-19(18)26-17/h3-8,11-12,14H,9-10H2,1-2H3,(H,24,27)/b16-12+. The van der Waals surface area contributed by atoms with Crippen molar-refractivity contribution in [2.45, 2.75) is 6.42 Å². The highest BCUT2D eigenvalue weighted by atomic mass is 16.5. The molecule has 29 heavy (non-hydrogen) atoms. The molecule has 7 heteroatoms. The van der Waals surface area contributed by atoms with Gasteiger partial charge in [-0.1, -0.05) is 18.2 Å². The highest BCUT2D eigenvalue weighted by Crippen LogP contribution is 2.27. The molecule has 146 valence electrons. The van der Waals surface area contributed by atoms with E-state index >= 15 is 0 Å². The topological polar surface area (TPSA) is 97.1 Å². The zero-order valence-electron chi connectivity index (χ0n) is 16.2. The smallest absolute Gasteiger partial charge is 0.262 e. The van der Waals surface area contributed by atoms with Crippen LogP contribution in [0.25, 0.3) is 17.1 Å². The van der Waals surface area contributed by atoms with Gasteiger partial charge in [-0.2, -0.15) is 5.26 Å². The Morgan fingerprint density at radius 3 is 2.62 bits per heavy atom. The number of hydrogen-bond acceptors (Lipinski definition) is 6.